The predicted molar refractivity (Wildman–Crippen MR) is 56.8 cm³/mol. The number of nitrogens with zero attached hydrogens (tertiary/aromatic N) is 1. The van der Waals surface area contributed by atoms with E-state index < -0.39 is 0 Å². The van der Waals surface area contributed by atoms with E-state index in [1.807, 2.05) is 0 Å². The number of phenols is 1. The summed E-state index contributed by atoms with van der Waals surface area (Å²) in [5.41, 5.74) is 5.74. The van der Waals surface area contributed by atoms with E-state index in [2.05, 4.69) is 22.8 Å². The minimum Gasteiger partial charge on any atom is -0.691 e. The summed E-state index contributed by atoms with van der Waals surface area (Å²) in [6.07, 6.45) is 1.44. The van der Waals surface area contributed by atoms with Crippen LogP contribution in [0.25, 0.3) is 0 Å². The van der Waals surface area contributed by atoms with Crippen LogP contribution in [0.3, 0.4) is 0 Å². The summed E-state index contributed by atoms with van der Waals surface area (Å²) in [5.74, 6) is 0.163. The van der Waals surface area contributed by atoms with Gasteiger partial charge in [0, 0.05) is 5.56 Å². The van der Waals surface area contributed by atoms with E-state index in [1.165, 1.54) is 6.21 Å². The largest absolute Gasteiger partial charge is 2.00 e. The van der Waals surface area contributed by atoms with Crippen LogP contribution in [-0.2, 0) is 29.7 Å². The number of benzene rings is 1. The van der Waals surface area contributed by atoms with Crippen molar-refractivity contribution in [2.75, 3.05) is 0 Å². The molecule has 85 valence electrons. The molecular weight excluding hydrogens is 266 g/mol. The Morgan fingerprint density at radius 1 is 1.47 bits per heavy atom. The number of nitrogens with one attached hydrogen (secondary N) is 1. The van der Waals surface area contributed by atoms with E-state index in [-0.39, 0.29) is 33.5 Å². The Labute approximate surface area is 103 Å². The molecule has 15 heavy (non-hydrogen) atoms. The number of hydrazone groups is 1. The van der Waals surface area contributed by atoms with Crippen molar-refractivity contribution in [3.8, 4) is 5.75 Å². The summed E-state index contributed by atoms with van der Waals surface area (Å²) in [6, 6.07) is 6.82. The van der Waals surface area contributed by atoms with Gasteiger partial charge in [-0.3, -0.25) is 0 Å². The number of aromatic hydroxyl groups is 1. The second-order valence-electron chi connectivity index (χ2n) is 2.29. The van der Waals surface area contributed by atoms with Gasteiger partial charge in [-0.2, -0.15) is 5.10 Å². The zero-order valence-corrected chi connectivity index (χ0v) is 9.33. The Balaban J connectivity index is 0. The molecule has 5 nitrogen and oxygen atoms in total. The molecule has 0 aliphatic rings. The minimum absolute atomic E-state index is 0. The molecule has 0 aliphatic heterocycles. The molecule has 1 aromatic rings. The van der Waals surface area contributed by atoms with Gasteiger partial charge in [-0.1, -0.05) is 17.2 Å². The van der Waals surface area contributed by atoms with Crippen LogP contribution in [0.2, 0.25) is 0 Å². The number of amidine groups is 1. The monoisotopic (exact) mass is 276 g/mol. The van der Waals surface area contributed by atoms with Crippen molar-refractivity contribution in [1.82, 2.24) is 0 Å². The van der Waals surface area contributed by atoms with Crippen LogP contribution in [0.4, 0.5) is 0 Å². The molecule has 7 heteroatoms. The normalized spacial score (nSPS) is 10.5. The van der Waals surface area contributed by atoms with Gasteiger partial charge in [0.1, 0.15) is 10.9 Å². The van der Waals surface area contributed by atoms with Crippen molar-refractivity contribution < 1.29 is 32.8 Å². The molecule has 0 saturated heterocycles. The molecule has 6 N–H and O–H groups in total. The van der Waals surface area contributed by atoms with Gasteiger partial charge in [-0.25, -0.2) is 0 Å². The van der Waals surface area contributed by atoms with Gasteiger partial charge in [0.25, 0.3) is 0 Å². The Kier molecular flexibility index (Phi) is 8.90. The molecule has 1 aromatic carbocycles. The Hall–Kier alpha value is -1.14. The number of nitrogens with two attached hydrogens (primary N) is 1. The first-order valence-corrected chi connectivity index (χ1v) is 3.97. The average Bonchev–Trinajstić information content (AvgIpc) is 2.08. The third kappa shape index (κ3) is 6.03. The van der Waals surface area contributed by atoms with Crippen LogP contribution in [0.5, 0.6) is 5.75 Å². The second kappa shape index (κ2) is 8.19. The summed E-state index contributed by atoms with van der Waals surface area (Å²) in [7, 11) is 0. The van der Waals surface area contributed by atoms with E-state index in [0.29, 0.717) is 5.56 Å². The van der Waals surface area contributed by atoms with Gasteiger partial charge in [-0.15, -0.1) is 0 Å². The summed E-state index contributed by atoms with van der Waals surface area (Å²) in [4.78, 5) is 0. The van der Waals surface area contributed by atoms with Crippen molar-refractivity contribution >= 4 is 24.0 Å². The van der Waals surface area contributed by atoms with Gasteiger partial charge in [-0.05, 0) is 12.1 Å². The summed E-state index contributed by atoms with van der Waals surface area (Å²) < 4.78 is 0. The van der Waals surface area contributed by atoms with Crippen molar-refractivity contribution in [3.63, 3.8) is 0 Å². The van der Waals surface area contributed by atoms with Crippen LogP contribution in [0, 0.1) is 0 Å². The maximum Gasteiger partial charge on any atom is 2.00 e. The molecule has 0 spiro atoms. The summed E-state index contributed by atoms with van der Waals surface area (Å²) in [6.45, 7) is 0. The molecule has 0 bridgehead atoms. The number of hydrogen-bond acceptors (Lipinski definition) is 3. The van der Waals surface area contributed by atoms with Gasteiger partial charge >= 0.3 is 17.1 Å². The van der Waals surface area contributed by atoms with Crippen LogP contribution < -0.4 is 10.8 Å². The van der Waals surface area contributed by atoms with Gasteiger partial charge in [0.15, 0.2) is 0 Å². The first-order chi connectivity index (χ1) is 6.20. The van der Waals surface area contributed by atoms with Crippen LogP contribution in [0.15, 0.2) is 29.4 Å². The molecule has 0 unspecified atom stereocenters. The van der Waals surface area contributed by atoms with Gasteiger partial charge in [0.2, 0.25) is 0 Å². The Morgan fingerprint density at radius 3 is 2.60 bits per heavy atom. The molecule has 0 aromatic heterocycles. The maximum absolute atomic E-state index is 9.29. The molecule has 1 radical (unpaired) electrons. The van der Waals surface area contributed by atoms with Crippen molar-refractivity contribution in [1.29, 1.82) is 0 Å². The van der Waals surface area contributed by atoms with E-state index >= 15 is 0 Å². The van der Waals surface area contributed by atoms with E-state index in [9.17, 15) is 5.11 Å². The van der Waals surface area contributed by atoms with Crippen molar-refractivity contribution in [2.24, 2.45) is 10.8 Å². The van der Waals surface area contributed by atoms with E-state index in [4.69, 9.17) is 5.73 Å². The fraction of sp³-hybridized carbons (Fsp3) is 0. The smallest absolute Gasteiger partial charge is 0.691 e. The minimum atomic E-state index is 0. The zero-order valence-electron chi connectivity index (χ0n) is 7.57. The van der Waals surface area contributed by atoms with Gasteiger partial charge in [0.05, 0.1) is 6.21 Å². The molecule has 0 heterocycles. The third-order valence-corrected chi connectivity index (χ3v) is 1.41. The molecule has 1 rings (SSSR count). The van der Waals surface area contributed by atoms with E-state index in [0.717, 1.165) is 0 Å². The summed E-state index contributed by atoms with van der Waals surface area (Å²) in [5, 5.41) is 15.5. The molecule has 0 atom stereocenters. The van der Waals surface area contributed by atoms with Crippen molar-refractivity contribution in [2.45, 2.75) is 0 Å². The SMILES string of the molecule is NC([S-])=[NH+]N=Cc1ccccc1O.O.[Cu+2]. The number of para-hydroxylation sites is 1. The maximum atomic E-state index is 9.29. The zero-order chi connectivity index (χ0) is 9.68. The number of hydrogen-bond donors (Lipinski definition) is 3. The second-order valence-corrected chi connectivity index (χ2v) is 2.73. The predicted octanol–water partition coefficient (Wildman–Crippen LogP) is -2.16. The third-order valence-electron chi connectivity index (χ3n) is 1.32. The fourth-order valence-electron chi connectivity index (χ4n) is 0.762. The van der Waals surface area contributed by atoms with Crippen molar-refractivity contribution in [3.05, 3.63) is 29.8 Å². The van der Waals surface area contributed by atoms with Crippen LogP contribution in [-0.4, -0.2) is 22.0 Å². The topological polar surface area (TPSA) is 104 Å². The summed E-state index contributed by atoms with van der Waals surface area (Å²) >= 11 is 4.53. The molecule has 0 fully saturated rings. The standard InChI is InChI=1S/C8H9N3OS.Cu.H2O/c9-8(13)11-10-5-6-3-1-2-4-7(6)12;;/h1-5,12H,(H3,9,11,13);;1H2/q;+2;. The molecule has 0 aliphatic carbocycles. The van der Waals surface area contributed by atoms with Crippen LogP contribution >= 0.6 is 0 Å². The molecule has 0 saturated carbocycles. The fourth-order valence-corrected chi connectivity index (χ4v) is 0.815. The first kappa shape index (κ1) is 16.3. The first-order valence-electron chi connectivity index (χ1n) is 3.56. The van der Waals surface area contributed by atoms with E-state index in [1.54, 1.807) is 24.3 Å². The quantitative estimate of drug-likeness (QED) is 0.188. The van der Waals surface area contributed by atoms with Gasteiger partial charge < -0.3 is 28.9 Å². The average molecular weight is 277 g/mol. The number of phenolic OH excluding ortho intramolecular Hbond substituents is 1. The number of rotatable bonds is 2. The Bertz CT molecular complexity index is 353. The molecular formula is C8H11CuN3O2S+2. The molecule has 0 amide bonds. The van der Waals surface area contributed by atoms with Crippen LogP contribution in [0.1, 0.15) is 5.56 Å². The Morgan fingerprint density at radius 2 is 2.07 bits per heavy atom.